The van der Waals surface area contributed by atoms with E-state index in [4.69, 9.17) is 9.26 Å². The molecule has 4 rings (SSSR count). The van der Waals surface area contributed by atoms with Gasteiger partial charge in [-0.1, -0.05) is 30.3 Å². The number of hydrogen-bond acceptors (Lipinski definition) is 6. The molecule has 0 saturated carbocycles. The zero-order chi connectivity index (χ0) is 23.3. The number of ether oxygens (including phenoxy) is 1. The first-order valence-electron chi connectivity index (χ1n) is 10.9. The van der Waals surface area contributed by atoms with Crippen molar-refractivity contribution in [3.8, 4) is 5.88 Å². The van der Waals surface area contributed by atoms with Gasteiger partial charge in [0.25, 0.3) is 11.8 Å². The number of aromatic nitrogens is 1. The molecule has 1 N–H and O–H groups in total. The average Bonchev–Trinajstić information content (AvgIpc) is 3.24. The van der Waals surface area contributed by atoms with Gasteiger partial charge in [-0.25, -0.2) is 8.42 Å². The van der Waals surface area contributed by atoms with Gasteiger partial charge in [0.05, 0.1) is 4.90 Å². The average molecular weight is 470 g/mol. The predicted molar refractivity (Wildman–Crippen MR) is 123 cm³/mol. The number of nitrogens with zero attached hydrogens (tertiary/aromatic N) is 2. The van der Waals surface area contributed by atoms with Crippen LogP contribution in [0.1, 0.15) is 24.2 Å². The van der Waals surface area contributed by atoms with Crippen molar-refractivity contribution in [1.29, 1.82) is 0 Å². The van der Waals surface area contributed by atoms with Crippen molar-refractivity contribution in [3.05, 3.63) is 72.0 Å². The number of amides is 1. The molecule has 9 heteroatoms. The summed E-state index contributed by atoms with van der Waals surface area (Å²) in [6.07, 6.45) is 2.66. The standard InChI is InChI=1S/C24H27N3O5S/c1-18-15-24(26-32-18)31-17-23(28)25-21-7-9-22(10-8-21)33(29,30)27-13-11-20(12-14-27)16-19-5-3-2-4-6-19/h2-10,15,20H,11-14,16-17H2,1H3,(H,25,28). The Balaban J connectivity index is 1.29. The summed E-state index contributed by atoms with van der Waals surface area (Å²) in [5.74, 6) is 0.922. The Hall–Kier alpha value is -3.17. The molecule has 0 bridgehead atoms. The van der Waals surface area contributed by atoms with Crippen LogP contribution >= 0.6 is 0 Å². The molecule has 0 aliphatic carbocycles. The molecule has 0 atom stereocenters. The summed E-state index contributed by atoms with van der Waals surface area (Å²) >= 11 is 0. The molecule has 33 heavy (non-hydrogen) atoms. The van der Waals surface area contributed by atoms with Crippen molar-refractivity contribution in [3.63, 3.8) is 0 Å². The van der Waals surface area contributed by atoms with Crippen molar-refractivity contribution in [2.45, 2.75) is 31.1 Å². The number of sulfonamides is 1. The Kier molecular flexibility index (Phi) is 7.10. The summed E-state index contributed by atoms with van der Waals surface area (Å²) in [6, 6.07) is 18.1. The second kappa shape index (κ2) is 10.2. The highest BCUT2D eigenvalue weighted by atomic mass is 32.2. The second-order valence-corrected chi connectivity index (χ2v) is 10.1. The fraction of sp³-hybridized carbons (Fsp3) is 0.333. The number of hydrogen-bond donors (Lipinski definition) is 1. The highest BCUT2D eigenvalue weighted by molar-refractivity contribution is 7.89. The van der Waals surface area contributed by atoms with E-state index in [0.717, 1.165) is 19.3 Å². The molecule has 1 aliphatic heterocycles. The van der Waals surface area contributed by atoms with Gasteiger partial charge in [-0.15, -0.1) is 0 Å². The van der Waals surface area contributed by atoms with Crippen molar-refractivity contribution in [1.82, 2.24) is 9.46 Å². The summed E-state index contributed by atoms with van der Waals surface area (Å²) in [4.78, 5) is 12.3. The lowest BCUT2D eigenvalue weighted by Crippen LogP contribution is -2.38. The Labute approximate surface area is 193 Å². The van der Waals surface area contributed by atoms with E-state index in [1.54, 1.807) is 29.4 Å². The number of carbonyl (C=O) groups excluding carboxylic acids is 1. The number of benzene rings is 2. The van der Waals surface area contributed by atoms with Crippen molar-refractivity contribution >= 4 is 21.6 Å². The molecule has 1 fully saturated rings. The third-order valence-electron chi connectivity index (χ3n) is 5.67. The maximum Gasteiger partial charge on any atom is 0.262 e. The third kappa shape index (κ3) is 6.00. The summed E-state index contributed by atoms with van der Waals surface area (Å²) in [5.41, 5.74) is 1.78. The van der Waals surface area contributed by atoms with E-state index in [2.05, 4.69) is 22.6 Å². The molecule has 1 amide bonds. The summed E-state index contributed by atoms with van der Waals surface area (Å²) in [6.45, 7) is 2.51. The highest BCUT2D eigenvalue weighted by Gasteiger charge is 2.29. The minimum Gasteiger partial charge on any atom is -0.465 e. The SMILES string of the molecule is Cc1cc(OCC(=O)Nc2ccc(S(=O)(=O)N3CCC(Cc4ccccc4)CC3)cc2)no1. The van der Waals surface area contributed by atoms with Crippen LogP contribution in [-0.2, 0) is 21.2 Å². The summed E-state index contributed by atoms with van der Waals surface area (Å²) in [7, 11) is -3.57. The van der Waals surface area contributed by atoms with Crippen molar-refractivity contribution in [2.24, 2.45) is 5.92 Å². The monoisotopic (exact) mass is 469 g/mol. The molecule has 1 aliphatic rings. The number of carbonyl (C=O) groups is 1. The molecule has 0 unspecified atom stereocenters. The molecule has 0 radical (unpaired) electrons. The first-order chi connectivity index (χ1) is 15.9. The van der Waals surface area contributed by atoms with Gasteiger partial charge in [-0.05, 0) is 67.1 Å². The summed E-state index contributed by atoms with van der Waals surface area (Å²) in [5, 5.41) is 6.33. The molecule has 1 saturated heterocycles. The van der Waals surface area contributed by atoms with Gasteiger partial charge in [0.2, 0.25) is 10.0 Å². The largest absolute Gasteiger partial charge is 0.465 e. The molecule has 8 nitrogen and oxygen atoms in total. The molecule has 174 valence electrons. The number of piperidine rings is 1. The van der Waals surface area contributed by atoms with Gasteiger partial charge in [0.1, 0.15) is 5.76 Å². The van der Waals surface area contributed by atoms with Crippen LogP contribution in [0, 0.1) is 12.8 Å². The van der Waals surface area contributed by atoms with Crippen LogP contribution in [0.2, 0.25) is 0 Å². The number of rotatable bonds is 8. The second-order valence-electron chi connectivity index (χ2n) is 8.17. The number of anilines is 1. The molecule has 3 aromatic rings. The fourth-order valence-corrected chi connectivity index (χ4v) is 5.38. The normalized spacial score (nSPS) is 15.3. The topological polar surface area (TPSA) is 102 Å². The lowest BCUT2D eigenvalue weighted by atomic mass is 9.91. The van der Waals surface area contributed by atoms with Crippen LogP contribution in [0.25, 0.3) is 0 Å². The van der Waals surface area contributed by atoms with Crippen LogP contribution in [0.5, 0.6) is 5.88 Å². The third-order valence-corrected chi connectivity index (χ3v) is 7.59. The van der Waals surface area contributed by atoms with Crippen LogP contribution < -0.4 is 10.1 Å². The Bertz CT molecular complexity index is 1170. The van der Waals surface area contributed by atoms with Crippen molar-refractivity contribution in [2.75, 3.05) is 25.0 Å². The minimum absolute atomic E-state index is 0.219. The van der Waals surface area contributed by atoms with Crippen molar-refractivity contribution < 1.29 is 22.5 Å². The first kappa shape index (κ1) is 23.0. The Morgan fingerprint density at radius 1 is 1.12 bits per heavy atom. The fourth-order valence-electron chi connectivity index (χ4n) is 3.91. The van der Waals surface area contributed by atoms with Gasteiger partial charge in [0.15, 0.2) is 6.61 Å². The number of aryl methyl sites for hydroxylation is 1. The van der Waals surface area contributed by atoms with E-state index in [1.165, 1.54) is 17.7 Å². The molecule has 2 aromatic carbocycles. The molecule has 0 spiro atoms. The van der Waals surface area contributed by atoms with Crippen LogP contribution in [0.4, 0.5) is 5.69 Å². The Morgan fingerprint density at radius 3 is 2.45 bits per heavy atom. The van der Waals surface area contributed by atoms with Crippen LogP contribution in [0.15, 0.2) is 70.1 Å². The summed E-state index contributed by atoms with van der Waals surface area (Å²) < 4.78 is 37.8. The molecular weight excluding hydrogens is 442 g/mol. The van der Waals surface area contributed by atoms with E-state index >= 15 is 0 Å². The van der Waals surface area contributed by atoms with Crippen LogP contribution in [-0.4, -0.2) is 43.5 Å². The quantitative estimate of drug-likeness (QED) is 0.540. The Morgan fingerprint density at radius 2 is 1.82 bits per heavy atom. The van der Waals surface area contributed by atoms with E-state index < -0.39 is 10.0 Å². The zero-order valence-corrected chi connectivity index (χ0v) is 19.3. The van der Waals surface area contributed by atoms with Gasteiger partial charge in [-0.2, -0.15) is 4.31 Å². The van der Waals surface area contributed by atoms with Gasteiger partial charge in [-0.3, -0.25) is 4.79 Å². The predicted octanol–water partition coefficient (Wildman–Crippen LogP) is 3.64. The maximum absolute atomic E-state index is 13.0. The smallest absolute Gasteiger partial charge is 0.262 e. The highest BCUT2D eigenvalue weighted by Crippen LogP contribution is 2.26. The van der Waals surface area contributed by atoms with Gasteiger partial charge in [0, 0.05) is 24.8 Å². The van der Waals surface area contributed by atoms with Gasteiger partial charge < -0.3 is 14.6 Å². The maximum atomic E-state index is 13.0. The van der Waals surface area contributed by atoms with E-state index in [0.29, 0.717) is 30.5 Å². The molecule has 1 aromatic heterocycles. The van der Waals surface area contributed by atoms with E-state index in [-0.39, 0.29) is 23.3 Å². The van der Waals surface area contributed by atoms with E-state index in [9.17, 15) is 13.2 Å². The van der Waals surface area contributed by atoms with Crippen LogP contribution in [0.3, 0.4) is 0 Å². The first-order valence-corrected chi connectivity index (χ1v) is 12.3. The zero-order valence-electron chi connectivity index (χ0n) is 18.4. The minimum atomic E-state index is -3.57. The molecular formula is C24H27N3O5S. The van der Waals surface area contributed by atoms with Gasteiger partial charge >= 0.3 is 0 Å². The van der Waals surface area contributed by atoms with E-state index in [1.807, 2.05) is 18.2 Å². The molecule has 2 heterocycles. The number of nitrogens with one attached hydrogen (secondary N) is 1. The lowest BCUT2D eigenvalue weighted by Gasteiger charge is -2.31. The lowest BCUT2D eigenvalue weighted by molar-refractivity contribution is -0.118.